The smallest absolute Gasteiger partial charge is 0.383 e. The number of hydrogen-bond acceptors (Lipinski definition) is 7. The zero-order chi connectivity index (χ0) is 22.3. The van der Waals surface area contributed by atoms with Crippen LogP contribution in [0.2, 0.25) is 0 Å². The topological polar surface area (TPSA) is 83.0 Å². The lowest BCUT2D eigenvalue weighted by Crippen LogP contribution is -2.39. The molecule has 0 radical (unpaired) electrons. The molecule has 10 heteroatoms. The van der Waals surface area contributed by atoms with Crippen LogP contribution in [-0.4, -0.2) is 39.2 Å². The molecule has 2 aromatic heterocycles. The molecule has 2 aliphatic rings. The third-order valence-electron chi connectivity index (χ3n) is 5.72. The maximum absolute atomic E-state index is 13.4. The quantitative estimate of drug-likeness (QED) is 0.522. The zero-order valence-corrected chi connectivity index (χ0v) is 17.9. The van der Waals surface area contributed by atoms with Crippen molar-refractivity contribution in [2.24, 2.45) is 0 Å². The van der Waals surface area contributed by atoms with Crippen molar-refractivity contribution in [1.29, 1.82) is 0 Å². The SMILES string of the molecule is OC1(c2nc(-c3cccc(C(F)(F)F)c3)c(-c3ccnc(NC4CC4)n3)s2)CCNCC1. The number of halogens is 3. The molecule has 0 unspecified atom stereocenters. The van der Waals surface area contributed by atoms with Gasteiger partial charge in [0.2, 0.25) is 5.95 Å². The molecule has 168 valence electrons. The van der Waals surface area contributed by atoms with Crippen molar-refractivity contribution in [3.8, 4) is 21.8 Å². The van der Waals surface area contributed by atoms with Gasteiger partial charge in [-0.05, 0) is 57.0 Å². The molecule has 3 aromatic rings. The number of aliphatic hydroxyl groups is 1. The lowest BCUT2D eigenvalue weighted by Gasteiger charge is -2.30. The summed E-state index contributed by atoms with van der Waals surface area (Å²) in [7, 11) is 0. The van der Waals surface area contributed by atoms with Crippen molar-refractivity contribution in [2.75, 3.05) is 18.4 Å². The molecular formula is C22H22F3N5OS. The first kappa shape index (κ1) is 21.3. The van der Waals surface area contributed by atoms with E-state index >= 15 is 0 Å². The van der Waals surface area contributed by atoms with E-state index in [0.29, 0.717) is 64.8 Å². The molecule has 6 nitrogen and oxygen atoms in total. The minimum atomic E-state index is -4.46. The number of thiazole rings is 1. The first-order valence-electron chi connectivity index (χ1n) is 10.5. The van der Waals surface area contributed by atoms with Crippen LogP contribution in [0.25, 0.3) is 21.8 Å². The Kier molecular flexibility index (Phi) is 5.39. The largest absolute Gasteiger partial charge is 0.416 e. The van der Waals surface area contributed by atoms with E-state index in [-0.39, 0.29) is 0 Å². The van der Waals surface area contributed by atoms with Gasteiger partial charge in [0.25, 0.3) is 0 Å². The third kappa shape index (κ3) is 4.35. The van der Waals surface area contributed by atoms with E-state index in [0.717, 1.165) is 25.0 Å². The minimum absolute atomic E-state index is 0.338. The van der Waals surface area contributed by atoms with Crippen molar-refractivity contribution in [2.45, 2.75) is 43.5 Å². The molecular weight excluding hydrogens is 439 g/mol. The molecule has 1 aromatic carbocycles. The fourth-order valence-electron chi connectivity index (χ4n) is 3.75. The normalized spacial score (nSPS) is 18.5. The first-order chi connectivity index (χ1) is 15.3. The van der Waals surface area contributed by atoms with Crippen LogP contribution in [0.5, 0.6) is 0 Å². The van der Waals surface area contributed by atoms with Crippen LogP contribution in [-0.2, 0) is 11.8 Å². The van der Waals surface area contributed by atoms with Gasteiger partial charge in [0.05, 0.1) is 21.8 Å². The molecule has 0 bridgehead atoms. The van der Waals surface area contributed by atoms with Crippen molar-refractivity contribution >= 4 is 17.3 Å². The molecule has 1 saturated heterocycles. The van der Waals surface area contributed by atoms with Gasteiger partial charge in [0.1, 0.15) is 10.6 Å². The molecule has 1 aliphatic heterocycles. The number of alkyl halides is 3. The van der Waals surface area contributed by atoms with E-state index in [4.69, 9.17) is 0 Å². The maximum atomic E-state index is 13.4. The molecule has 0 atom stereocenters. The lowest BCUT2D eigenvalue weighted by molar-refractivity contribution is -0.137. The molecule has 0 amide bonds. The summed E-state index contributed by atoms with van der Waals surface area (Å²) < 4.78 is 40.1. The van der Waals surface area contributed by atoms with Gasteiger partial charge >= 0.3 is 6.18 Å². The molecule has 2 fully saturated rings. The maximum Gasteiger partial charge on any atom is 0.416 e. The summed E-state index contributed by atoms with van der Waals surface area (Å²) in [5.41, 5.74) is -0.567. The van der Waals surface area contributed by atoms with E-state index in [9.17, 15) is 18.3 Å². The molecule has 3 N–H and O–H groups in total. The van der Waals surface area contributed by atoms with Gasteiger partial charge in [-0.25, -0.2) is 15.0 Å². The number of nitrogens with zero attached hydrogens (tertiary/aromatic N) is 3. The van der Waals surface area contributed by atoms with Gasteiger partial charge in [-0.15, -0.1) is 11.3 Å². The van der Waals surface area contributed by atoms with Crippen LogP contribution in [0, 0.1) is 0 Å². The summed E-state index contributed by atoms with van der Waals surface area (Å²) in [5.74, 6) is 0.482. The predicted octanol–water partition coefficient (Wildman–Crippen LogP) is 4.43. The number of piperidine rings is 1. The number of hydrogen-bond donors (Lipinski definition) is 3. The second kappa shape index (κ2) is 8.09. The summed E-state index contributed by atoms with van der Waals surface area (Å²) in [6.07, 6.45) is 0.268. The van der Waals surface area contributed by atoms with Crippen molar-refractivity contribution < 1.29 is 18.3 Å². The summed E-state index contributed by atoms with van der Waals surface area (Å²) in [5, 5.41) is 18.2. The van der Waals surface area contributed by atoms with Crippen molar-refractivity contribution in [3.63, 3.8) is 0 Å². The number of rotatable bonds is 5. The number of nitrogens with one attached hydrogen (secondary N) is 2. The van der Waals surface area contributed by atoms with Crippen molar-refractivity contribution in [1.82, 2.24) is 20.3 Å². The summed E-state index contributed by atoms with van der Waals surface area (Å²) >= 11 is 1.28. The molecule has 0 spiro atoms. The van der Waals surface area contributed by atoms with Gasteiger partial charge < -0.3 is 15.7 Å². The van der Waals surface area contributed by atoms with E-state index < -0.39 is 17.3 Å². The molecule has 3 heterocycles. The standard InChI is InChI=1S/C22H22F3N5OS/c23-22(24,25)14-3-1-2-13(12-14)17-18(16-6-9-27-20(29-16)28-15-4-5-15)32-19(30-17)21(31)7-10-26-11-8-21/h1-3,6,9,12,15,26,31H,4-5,7-8,10-11H2,(H,27,28,29). The highest BCUT2D eigenvalue weighted by Crippen LogP contribution is 2.43. The Bertz CT molecular complexity index is 1120. The van der Waals surface area contributed by atoms with Crippen LogP contribution in [0.4, 0.5) is 19.1 Å². The minimum Gasteiger partial charge on any atom is -0.383 e. The Morgan fingerprint density at radius 2 is 1.91 bits per heavy atom. The van der Waals surface area contributed by atoms with Gasteiger partial charge in [0.15, 0.2) is 0 Å². The molecule has 1 aliphatic carbocycles. The van der Waals surface area contributed by atoms with Crippen LogP contribution in [0.1, 0.15) is 36.3 Å². The third-order valence-corrected chi connectivity index (χ3v) is 6.99. The second-order valence-electron chi connectivity index (χ2n) is 8.24. The van der Waals surface area contributed by atoms with E-state index in [2.05, 4.69) is 25.6 Å². The van der Waals surface area contributed by atoms with Gasteiger partial charge in [-0.1, -0.05) is 12.1 Å². The Morgan fingerprint density at radius 3 is 2.62 bits per heavy atom. The van der Waals surface area contributed by atoms with Gasteiger partial charge in [-0.2, -0.15) is 13.2 Å². The Balaban J connectivity index is 1.62. The zero-order valence-electron chi connectivity index (χ0n) is 17.1. The predicted molar refractivity (Wildman–Crippen MR) is 116 cm³/mol. The lowest BCUT2D eigenvalue weighted by atomic mass is 9.93. The van der Waals surface area contributed by atoms with Crippen LogP contribution in [0.3, 0.4) is 0 Å². The van der Waals surface area contributed by atoms with Crippen molar-refractivity contribution in [3.05, 3.63) is 47.1 Å². The van der Waals surface area contributed by atoms with E-state index in [1.54, 1.807) is 18.3 Å². The fourth-order valence-corrected chi connectivity index (χ4v) is 4.95. The molecule has 32 heavy (non-hydrogen) atoms. The second-order valence-corrected chi connectivity index (χ2v) is 9.24. The Morgan fingerprint density at radius 1 is 1.12 bits per heavy atom. The average Bonchev–Trinajstić information content (AvgIpc) is 3.47. The highest BCUT2D eigenvalue weighted by Gasteiger charge is 2.36. The fraction of sp³-hybridized carbons (Fsp3) is 0.409. The summed E-state index contributed by atoms with van der Waals surface area (Å²) in [6, 6.07) is 7.20. The van der Waals surface area contributed by atoms with Gasteiger partial charge in [-0.3, -0.25) is 0 Å². The Hall–Kier alpha value is -2.56. The first-order valence-corrected chi connectivity index (χ1v) is 11.4. The van der Waals surface area contributed by atoms with Crippen LogP contribution in [0.15, 0.2) is 36.5 Å². The highest BCUT2D eigenvalue weighted by molar-refractivity contribution is 7.15. The van der Waals surface area contributed by atoms with E-state index in [1.165, 1.54) is 17.4 Å². The van der Waals surface area contributed by atoms with Crippen LogP contribution >= 0.6 is 11.3 Å². The number of benzene rings is 1. The van der Waals surface area contributed by atoms with E-state index in [1.807, 2.05) is 0 Å². The summed E-state index contributed by atoms with van der Waals surface area (Å²) in [6.45, 7) is 1.29. The average molecular weight is 462 g/mol. The number of aromatic nitrogens is 3. The van der Waals surface area contributed by atoms with Gasteiger partial charge in [0, 0.05) is 17.8 Å². The van der Waals surface area contributed by atoms with Crippen LogP contribution < -0.4 is 10.6 Å². The molecule has 1 saturated carbocycles. The Labute approximate surface area is 187 Å². The number of anilines is 1. The monoisotopic (exact) mass is 461 g/mol. The summed E-state index contributed by atoms with van der Waals surface area (Å²) in [4.78, 5) is 14.1. The molecule has 5 rings (SSSR count). The highest BCUT2D eigenvalue weighted by atomic mass is 32.1.